The van der Waals surface area contributed by atoms with E-state index < -0.39 is 15.8 Å². The summed E-state index contributed by atoms with van der Waals surface area (Å²) in [6.07, 6.45) is 1.12. The van der Waals surface area contributed by atoms with E-state index in [1.165, 1.54) is 19.2 Å². The van der Waals surface area contributed by atoms with Crippen molar-refractivity contribution in [2.45, 2.75) is 24.2 Å². The lowest BCUT2D eigenvalue weighted by atomic mass is 10.2. The van der Waals surface area contributed by atoms with Gasteiger partial charge in [0.05, 0.1) is 24.5 Å². The molecule has 7 heteroatoms. The number of nitrogens with zero attached hydrogens (tertiary/aromatic N) is 1. The molecular formula is C13H15NO5S. The minimum Gasteiger partial charge on any atom is -0.495 e. The molecule has 0 heterocycles. The number of hydrogen-bond donors (Lipinski definition) is 1. The van der Waals surface area contributed by atoms with Crippen LogP contribution in [0.3, 0.4) is 0 Å². The highest BCUT2D eigenvalue weighted by Crippen LogP contribution is 2.26. The minimum atomic E-state index is -3.64. The monoisotopic (exact) mass is 297 g/mol. The van der Waals surface area contributed by atoms with Gasteiger partial charge in [-0.1, -0.05) is 0 Å². The van der Waals surface area contributed by atoms with Crippen LogP contribution in [0.25, 0.3) is 0 Å². The molecule has 0 aromatic heterocycles. The number of carboxylic acids is 1. The van der Waals surface area contributed by atoms with Crippen molar-refractivity contribution >= 4 is 15.8 Å². The number of benzene rings is 1. The highest BCUT2D eigenvalue weighted by atomic mass is 32.2. The van der Waals surface area contributed by atoms with E-state index in [4.69, 9.17) is 15.1 Å². The van der Waals surface area contributed by atoms with E-state index in [2.05, 4.69) is 0 Å². The zero-order valence-electron chi connectivity index (χ0n) is 11.0. The number of nitriles is 1. The van der Waals surface area contributed by atoms with Crippen molar-refractivity contribution in [3.8, 4) is 11.8 Å². The van der Waals surface area contributed by atoms with Gasteiger partial charge in [-0.15, -0.1) is 0 Å². The molecule has 0 fully saturated rings. The van der Waals surface area contributed by atoms with E-state index in [0.717, 1.165) is 6.07 Å². The van der Waals surface area contributed by atoms with Gasteiger partial charge in [0.1, 0.15) is 10.6 Å². The predicted octanol–water partition coefficient (Wildman–Crippen LogP) is 1.86. The Labute approximate surface area is 117 Å². The molecule has 20 heavy (non-hydrogen) atoms. The Bertz CT molecular complexity index is 631. The van der Waals surface area contributed by atoms with Gasteiger partial charge in [0.25, 0.3) is 0 Å². The van der Waals surface area contributed by atoms with Gasteiger partial charge >= 0.3 is 5.97 Å². The zero-order valence-corrected chi connectivity index (χ0v) is 11.8. The van der Waals surface area contributed by atoms with Crippen molar-refractivity contribution in [1.29, 1.82) is 5.26 Å². The summed E-state index contributed by atoms with van der Waals surface area (Å²) in [6, 6.07) is 5.65. The van der Waals surface area contributed by atoms with Crippen LogP contribution < -0.4 is 4.74 Å². The van der Waals surface area contributed by atoms with Crippen LogP contribution in [0, 0.1) is 11.3 Å². The summed E-state index contributed by atoms with van der Waals surface area (Å²) in [4.78, 5) is 10.8. The highest BCUT2D eigenvalue weighted by Gasteiger charge is 2.21. The summed E-state index contributed by atoms with van der Waals surface area (Å²) in [5, 5.41) is 17.3. The summed E-state index contributed by atoms with van der Waals surface area (Å²) >= 11 is 0. The quantitative estimate of drug-likeness (QED) is 0.770. The third kappa shape index (κ3) is 3.96. The molecule has 1 aromatic carbocycles. The van der Waals surface area contributed by atoms with Crippen LogP contribution in [0.2, 0.25) is 0 Å². The molecule has 0 saturated heterocycles. The fourth-order valence-electron chi connectivity index (χ4n) is 1.66. The molecule has 0 unspecified atom stereocenters. The number of carboxylic acid groups (broad SMARTS) is 1. The van der Waals surface area contributed by atoms with Crippen molar-refractivity contribution in [2.24, 2.45) is 0 Å². The normalized spacial score (nSPS) is 10.8. The molecule has 1 rings (SSSR count). The van der Waals surface area contributed by atoms with Crippen molar-refractivity contribution in [3.63, 3.8) is 0 Å². The molecule has 1 N–H and O–H groups in total. The van der Waals surface area contributed by atoms with Gasteiger partial charge in [0.15, 0.2) is 9.84 Å². The minimum absolute atomic E-state index is 0.110. The van der Waals surface area contributed by atoms with E-state index in [1.54, 1.807) is 0 Å². The van der Waals surface area contributed by atoms with Crippen molar-refractivity contribution in [3.05, 3.63) is 23.8 Å². The van der Waals surface area contributed by atoms with Crippen LogP contribution >= 0.6 is 0 Å². The topological polar surface area (TPSA) is 104 Å². The number of sulfone groups is 1. The first-order valence-electron chi connectivity index (χ1n) is 5.93. The summed E-state index contributed by atoms with van der Waals surface area (Å²) in [5.41, 5.74) is -0.110. The second-order valence-electron chi connectivity index (χ2n) is 4.10. The molecule has 108 valence electrons. The van der Waals surface area contributed by atoms with Gasteiger partial charge in [0, 0.05) is 6.42 Å². The lowest BCUT2D eigenvalue weighted by Gasteiger charge is -2.10. The fraction of sp³-hybridized carbons (Fsp3) is 0.385. The van der Waals surface area contributed by atoms with Crippen molar-refractivity contribution < 1.29 is 23.1 Å². The van der Waals surface area contributed by atoms with E-state index in [9.17, 15) is 13.2 Å². The molecule has 0 radical (unpaired) electrons. The first kappa shape index (κ1) is 16.0. The van der Waals surface area contributed by atoms with Crippen LogP contribution in [0.5, 0.6) is 5.75 Å². The molecule has 0 amide bonds. The fourth-order valence-corrected chi connectivity index (χ4v) is 3.23. The van der Waals surface area contributed by atoms with Crippen LogP contribution in [0.4, 0.5) is 0 Å². The van der Waals surface area contributed by atoms with Gasteiger partial charge < -0.3 is 9.84 Å². The zero-order chi connectivity index (χ0) is 15.2. The van der Waals surface area contributed by atoms with Crippen LogP contribution in [-0.2, 0) is 9.84 Å². The Balaban J connectivity index is 3.06. The predicted molar refractivity (Wildman–Crippen MR) is 71.5 cm³/mol. The Morgan fingerprint density at radius 2 is 2.10 bits per heavy atom. The number of hydrogen-bond acceptors (Lipinski definition) is 5. The summed E-state index contributed by atoms with van der Waals surface area (Å²) in [6.45, 7) is 0. The molecule has 0 aliphatic carbocycles. The van der Waals surface area contributed by atoms with Gasteiger partial charge in [0.2, 0.25) is 0 Å². The molecule has 0 spiro atoms. The maximum atomic E-state index is 12.2. The van der Waals surface area contributed by atoms with Gasteiger partial charge in [-0.25, -0.2) is 13.2 Å². The second kappa shape index (κ2) is 6.91. The largest absolute Gasteiger partial charge is 0.495 e. The summed E-state index contributed by atoms with van der Waals surface area (Å²) in [7, 11) is -2.31. The number of aromatic carboxylic acids is 1. The average Bonchev–Trinajstić information content (AvgIpc) is 2.42. The Morgan fingerprint density at radius 3 is 2.65 bits per heavy atom. The summed E-state index contributed by atoms with van der Waals surface area (Å²) < 4.78 is 29.4. The molecule has 0 aliphatic heterocycles. The third-order valence-corrected chi connectivity index (χ3v) is 4.51. The van der Waals surface area contributed by atoms with Crippen molar-refractivity contribution in [2.75, 3.05) is 12.9 Å². The highest BCUT2D eigenvalue weighted by molar-refractivity contribution is 7.91. The smallest absolute Gasteiger partial charge is 0.335 e. The van der Waals surface area contributed by atoms with Gasteiger partial charge in [-0.2, -0.15) is 5.26 Å². The van der Waals surface area contributed by atoms with Crippen LogP contribution in [-0.4, -0.2) is 32.4 Å². The average molecular weight is 297 g/mol. The standard InChI is InChI=1S/C13H15NO5S/c1-19-11-6-5-10(13(15)16)9-12(11)20(17,18)8-4-2-3-7-14/h5-6,9H,2-4,8H2,1H3,(H,15,16). The molecule has 6 nitrogen and oxygen atoms in total. The number of methoxy groups -OCH3 is 1. The first-order chi connectivity index (χ1) is 9.42. The molecule has 0 saturated carbocycles. The van der Waals surface area contributed by atoms with E-state index >= 15 is 0 Å². The number of rotatable bonds is 7. The maximum Gasteiger partial charge on any atom is 0.335 e. The van der Waals surface area contributed by atoms with Gasteiger partial charge in [-0.3, -0.25) is 0 Å². The molecule has 0 aliphatic rings. The third-order valence-electron chi connectivity index (χ3n) is 2.70. The molecular weight excluding hydrogens is 282 g/mol. The second-order valence-corrected chi connectivity index (χ2v) is 6.18. The Morgan fingerprint density at radius 1 is 1.40 bits per heavy atom. The van der Waals surface area contributed by atoms with E-state index in [-0.39, 0.29) is 22.0 Å². The lowest BCUT2D eigenvalue weighted by Crippen LogP contribution is -2.10. The van der Waals surface area contributed by atoms with Crippen LogP contribution in [0.1, 0.15) is 29.6 Å². The molecule has 0 atom stereocenters. The number of unbranched alkanes of at least 4 members (excludes halogenated alkanes) is 2. The Hall–Kier alpha value is -2.07. The molecule has 1 aromatic rings. The number of ether oxygens (including phenoxy) is 1. The maximum absolute atomic E-state index is 12.2. The Kier molecular flexibility index (Phi) is 5.53. The van der Waals surface area contributed by atoms with Crippen LogP contribution in [0.15, 0.2) is 23.1 Å². The van der Waals surface area contributed by atoms with Crippen molar-refractivity contribution in [1.82, 2.24) is 0 Å². The van der Waals surface area contributed by atoms with E-state index in [0.29, 0.717) is 19.3 Å². The molecule has 0 bridgehead atoms. The van der Waals surface area contributed by atoms with Gasteiger partial charge in [-0.05, 0) is 31.0 Å². The lowest BCUT2D eigenvalue weighted by molar-refractivity contribution is 0.0696. The summed E-state index contributed by atoms with van der Waals surface area (Å²) in [5.74, 6) is -1.22. The number of carbonyl (C=O) groups is 1. The van der Waals surface area contributed by atoms with E-state index in [1.807, 2.05) is 6.07 Å². The SMILES string of the molecule is COc1ccc(C(=O)O)cc1S(=O)(=O)CCCCC#N. The first-order valence-corrected chi connectivity index (χ1v) is 7.58.